The fourth-order valence-electron chi connectivity index (χ4n) is 2.66. The van der Waals surface area contributed by atoms with Gasteiger partial charge in [-0.15, -0.1) is 0 Å². The Kier molecular flexibility index (Phi) is 4.94. The van der Waals surface area contributed by atoms with Gasteiger partial charge in [-0.3, -0.25) is 9.59 Å². The van der Waals surface area contributed by atoms with Crippen LogP contribution >= 0.6 is 0 Å². The van der Waals surface area contributed by atoms with Crippen LogP contribution in [-0.4, -0.2) is 24.8 Å². The van der Waals surface area contributed by atoms with E-state index in [4.69, 9.17) is 9.47 Å². The smallest absolute Gasteiger partial charge is 0.163 e. The Morgan fingerprint density at radius 1 is 0.833 bits per heavy atom. The number of aryl methyl sites for hydroxylation is 1. The van der Waals surface area contributed by atoms with Gasteiger partial charge in [-0.1, -0.05) is 31.2 Å². The van der Waals surface area contributed by atoms with Gasteiger partial charge in [0.15, 0.2) is 23.1 Å². The Morgan fingerprint density at radius 2 is 1.42 bits per heavy atom. The number of fused-ring (bicyclic) bond motifs is 1. The molecule has 0 aliphatic carbocycles. The normalized spacial score (nSPS) is 12.7. The molecule has 2 aromatic carbocycles. The molecule has 0 saturated carbocycles. The molecule has 1 heterocycles. The van der Waals surface area contributed by atoms with Crippen molar-refractivity contribution in [1.29, 1.82) is 0 Å². The van der Waals surface area contributed by atoms with Crippen molar-refractivity contribution in [3.63, 3.8) is 0 Å². The van der Waals surface area contributed by atoms with Gasteiger partial charge in [0.2, 0.25) is 0 Å². The highest BCUT2D eigenvalue weighted by Gasteiger charge is 2.16. The lowest BCUT2D eigenvalue weighted by molar-refractivity contribution is 0.0917. The van der Waals surface area contributed by atoms with Gasteiger partial charge in [0.25, 0.3) is 0 Å². The monoisotopic (exact) mass is 324 g/mol. The van der Waals surface area contributed by atoms with Crippen molar-refractivity contribution < 1.29 is 19.1 Å². The summed E-state index contributed by atoms with van der Waals surface area (Å²) in [5.41, 5.74) is 2.40. The average molecular weight is 324 g/mol. The van der Waals surface area contributed by atoms with Gasteiger partial charge in [-0.25, -0.2) is 0 Å². The maximum atomic E-state index is 12.3. The number of carbonyl (C=O) groups is 2. The first-order chi connectivity index (χ1) is 11.7. The molecule has 1 aliphatic rings. The molecule has 0 unspecified atom stereocenters. The number of benzene rings is 2. The number of Topliss-reactive ketones (excluding diaryl/α,β-unsaturated/α-hetero) is 2. The van der Waals surface area contributed by atoms with Crippen molar-refractivity contribution in [3.8, 4) is 11.5 Å². The fraction of sp³-hybridized carbons (Fsp3) is 0.300. The third-order valence-electron chi connectivity index (χ3n) is 4.13. The Bertz CT molecular complexity index is 747. The molecule has 0 spiro atoms. The van der Waals surface area contributed by atoms with E-state index in [1.54, 1.807) is 18.2 Å². The molecule has 0 fully saturated rings. The lowest BCUT2D eigenvalue weighted by Gasteiger charge is -2.18. The van der Waals surface area contributed by atoms with E-state index in [0.29, 0.717) is 35.8 Å². The van der Waals surface area contributed by atoms with Gasteiger partial charge in [-0.2, -0.15) is 0 Å². The quantitative estimate of drug-likeness (QED) is 0.757. The van der Waals surface area contributed by atoms with Crippen LogP contribution < -0.4 is 9.47 Å². The van der Waals surface area contributed by atoms with E-state index in [2.05, 4.69) is 6.92 Å². The molecule has 0 radical (unpaired) electrons. The van der Waals surface area contributed by atoms with Crippen LogP contribution in [0, 0.1) is 0 Å². The molecule has 3 rings (SSSR count). The Hall–Kier alpha value is -2.62. The van der Waals surface area contributed by atoms with Crippen LogP contribution in [0.5, 0.6) is 11.5 Å². The largest absolute Gasteiger partial charge is 0.486 e. The molecule has 0 amide bonds. The Balaban J connectivity index is 1.61. The molecular formula is C20H20O4. The maximum absolute atomic E-state index is 12.3. The minimum atomic E-state index is -0.0644. The summed E-state index contributed by atoms with van der Waals surface area (Å²) < 4.78 is 10.9. The van der Waals surface area contributed by atoms with E-state index in [0.717, 1.165) is 6.42 Å². The molecular weight excluding hydrogens is 304 g/mol. The van der Waals surface area contributed by atoms with Crippen LogP contribution in [0.4, 0.5) is 0 Å². The molecule has 1 aliphatic heterocycles. The van der Waals surface area contributed by atoms with E-state index in [9.17, 15) is 9.59 Å². The van der Waals surface area contributed by atoms with Crippen LogP contribution in [-0.2, 0) is 6.42 Å². The summed E-state index contributed by atoms with van der Waals surface area (Å²) in [6, 6.07) is 12.7. The van der Waals surface area contributed by atoms with Crippen LogP contribution in [0.2, 0.25) is 0 Å². The van der Waals surface area contributed by atoms with E-state index in [1.807, 2.05) is 24.3 Å². The third kappa shape index (κ3) is 3.65. The number of ketones is 2. The molecule has 0 N–H and O–H groups in total. The lowest BCUT2D eigenvalue weighted by atomic mass is 10.00. The minimum Gasteiger partial charge on any atom is -0.486 e. The van der Waals surface area contributed by atoms with E-state index in [-0.39, 0.29) is 24.4 Å². The van der Waals surface area contributed by atoms with Gasteiger partial charge in [-0.05, 0) is 30.2 Å². The first-order valence-electron chi connectivity index (χ1n) is 8.22. The minimum absolute atomic E-state index is 0.0106. The van der Waals surface area contributed by atoms with Crippen LogP contribution in [0.3, 0.4) is 0 Å². The van der Waals surface area contributed by atoms with E-state index in [1.165, 1.54) is 5.56 Å². The first-order valence-corrected chi connectivity index (χ1v) is 8.22. The molecule has 4 heteroatoms. The number of hydrogen-bond donors (Lipinski definition) is 0. The SMILES string of the molecule is CCc1ccc(C(=O)CCC(=O)c2ccc3c(c2)OCCO3)cc1. The zero-order chi connectivity index (χ0) is 16.9. The summed E-state index contributed by atoms with van der Waals surface area (Å²) in [4.78, 5) is 24.5. The van der Waals surface area contributed by atoms with Gasteiger partial charge in [0.05, 0.1) is 0 Å². The summed E-state index contributed by atoms with van der Waals surface area (Å²) in [5.74, 6) is 1.17. The topological polar surface area (TPSA) is 52.6 Å². The fourth-order valence-corrected chi connectivity index (χ4v) is 2.66. The third-order valence-corrected chi connectivity index (χ3v) is 4.13. The highest BCUT2D eigenvalue weighted by molar-refractivity contribution is 6.02. The highest BCUT2D eigenvalue weighted by Crippen LogP contribution is 2.31. The van der Waals surface area contributed by atoms with Gasteiger partial charge < -0.3 is 9.47 Å². The van der Waals surface area contributed by atoms with Crippen molar-refractivity contribution >= 4 is 11.6 Å². The molecule has 0 atom stereocenters. The second-order valence-corrected chi connectivity index (χ2v) is 5.76. The van der Waals surface area contributed by atoms with Crippen molar-refractivity contribution in [2.75, 3.05) is 13.2 Å². The zero-order valence-electron chi connectivity index (χ0n) is 13.7. The highest BCUT2D eigenvalue weighted by atomic mass is 16.6. The zero-order valence-corrected chi connectivity index (χ0v) is 13.7. The number of rotatable bonds is 6. The number of hydrogen-bond acceptors (Lipinski definition) is 4. The predicted octanol–water partition coefficient (Wildman–Crippen LogP) is 3.87. The first kappa shape index (κ1) is 16.2. The van der Waals surface area contributed by atoms with Gasteiger partial charge >= 0.3 is 0 Å². The molecule has 2 aromatic rings. The van der Waals surface area contributed by atoms with Crippen molar-refractivity contribution in [1.82, 2.24) is 0 Å². The summed E-state index contributed by atoms with van der Waals surface area (Å²) in [5, 5.41) is 0. The van der Waals surface area contributed by atoms with E-state index < -0.39 is 0 Å². The lowest BCUT2D eigenvalue weighted by Crippen LogP contribution is -2.16. The number of ether oxygens (including phenoxy) is 2. The van der Waals surface area contributed by atoms with Gasteiger partial charge in [0.1, 0.15) is 13.2 Å². The summed E-state index contributed by atoms with van der Waals surface area (Å²) >= 11 is 0. The van der Waals surface area contributed by atoms with E-state index >= 15 is 0 Å². The molecule has 0 bridgehead atoms. The molecule has 0 saturated heterocycles. The molecule has 124 valence electrons. The van der Waals surface area contributed by atoms with Crippen LogP contribution in [0.15, 0.2) is 42.5 Å². The average Bonchev–Trinajstić information content (AvgIpc) is 2.65. The van der Waals surface area contributed by atoms with Crippen molar-refractivity contribution in [2.45, 2.75) is 26.2 Å². The van der Waals surface area contributed by atoms with Crippen molar-refractivity contribution in [3.05, 3.63) is 59.2 Å². The summed E-state index contributed by atoms with van der Waals surface area (Å²) in [6.07, 6.45) is 1.34. The Morgan fingerprint density at radius 3 is 2.08 bits per heavy atom. The predicted molar refractivity (Wildman–Crippen MR) is 91.1 cm³/mol. The van der Waals surface area contributed by atoms with Crippen LogP contribution in [0.25, 0.3) is 0 Å². The Labute approximate surface area is 141 Å². The standard InChI is InChI=1S/C20H20O4/c1-2-14-3-5-15(6-4-14)17(21)8-9-18(22)16-7-10-19-20(13-16)24-12-11-23-19/h3-7,10,13H,2,8-9,11-12H2,1H3. The summed E-state index contributed by atoms with van der Waals surface area (Å²) in [7, 11) is 0. The molecule has 24 heavy (non-hydrogen) atoms. The van der Waals surface area contributed by atoms with Crippen LogP contribution in [0.1, 0.15) is 46.0 Å². The maximum Gasteiger partial charge on any atom is 0.163 e. The second-order valence-electron chi connectivity index (χ2n) is 5.76. The second kappa shape index (κ2) is 7.30. The molecule has 0 aromatic heterocycles. The summed E-state index contributed by atoms with van der Waals surface area (Å²) in [6.45, 7) is 3.07. The van der Waals surface area contributed by atoms with Crippen molar-refractivity contribution in [2.24, 2.45) is 0 Å². The molecule has 4 nitrogen and oxygen atoms in total. The number of carbonyl (C=O) groups excluding carboxylic acids is 2. The van der Waals surface area contributed by atoms with Gasteiger partial charge in [0, 0.05) is 24.0 Å².